The second-order valence-electron chi connectivity index (χ2n) is 5.98. The maximum atomic E-state index is 12.1. The third-order valence-corrected chi connectivity index (χ3v) is 4.62. The van der Waals surface area contributed by atoms with Crippen LogP contribution in [-0.4, -0.2) is 41.0 Å². The van der Waals surface area contributed by atoms with Crippen LogP contribution in [0.3, 0.4) is 0 Å². The van der Waals surface area contributed by atoms with Crippen LogP contribution in [0.4, 0.5) is 5.82 Å². The quantitative estimate of drug-likeness (QED) is 0.734. The van der Waals surface area contributed by atoms with E-state index in [0.717, 1.165) is 15.8 Å². The van der Waals surface area contributed by atoms with E-state index in [9.17, 15) is 9.59 Å². The highest BCUT2D eigenvalue weighted by Crippen LogP contribution is 2.34. The molecule has 0 bridgehead atoms. The molecule has 0 aliphatic rings. The summed E-state index contributed by atoms with van der Waals surface area (Å²) in [5, 5.41) is 6.86. The van der Waals surface area contributed by atoms with Crippen molar-refractivity contribution in [3.8, 4) is 0 Å². The van der Waals surface area contributed by atoms with E-state index in [1.807, 2.05) is 20.8 Å². The molecule has 0 radical (unpaired) electrons. The van der Waals surface area contributed by atoms with Gasteiger partial charge in [0.25, 0.3) is 0 Å². The van der Waals surface area contributed by atoms with Crippen LogP contribution in [0.2, 0.25) is 0 Å². The number of anilines is 1. The molecule has 2 N–H and O–H groups in total. The van der Waals surface area contributed by atoms with Crippen LogP contribution >= 0.6 is 11.3 Å². The van der Waals surface area contributed by atoms with Crippen molar-refractivity contribution in [3.63, 3.8) is 0 Å². The summed E-state index contributed by atoms with van der Waals surface area (Å²) in [5.74, 6) is 0.893. The number of aromatic nitrogens is 2. The lowest BCUT2D eigenvalue weighted by Gasteiger charge is -2.10. The first-order chi connectivity index (χ1) is 11.8. The number of thiophene rings is 1. The Morgan fingerprint density at radius 2 is 1.96 bits per heavy atom. The molecule has 0 fully saturated rings. The zero-order valence-corrected chi connectivity index (χ0v) is 16.0. The summed E-state index contributed by atoms with van der Waals surface area (Å²) in [4.78, 5) is 34.0. The molecule has 25 heavy (non-hydrogen) atoms. The molecule has 0 aliphatic heterocycles. The maximum absolute atomic E-state index is 12.1. The van der Waals surface area contributed by atoms with E-state index in [2.05, 4.69) is 20.6 Å². The minimum Gasteiger partial charge on any atom is -0.462 e. The first kappa shape index (κ1) is 19.1. The summed E-state index contributed by atoms with van der Waals surface area (Å²) < 4.78 is 5.11. The molecule has 2 heterocycles. The Labute approximate surface area is 151 Å². The molecule has 0 atom stereocenters. The molecule has 2 rings (SSSR count). The van der Waals surface area contributed by atoms with Crippen molar-refractivity contribution in [1.82, 2.24) is 15.3 Å². The van der Waals surface area contributed by atoms with E-state index < -0.39 is 0 Å². The van der Waals surface area contributed by atoms with Gasteiger partial charge in [0.2, 0.25) is 5.91 Å². The highest BCUT2D eigenvalue weighted by Gasteiger charge is 2.20. The molecule has 2 aromatic heterocycles. The second kappa shape index (κ2) is 8.24. The Morgan fingerprint density at radius 1 is 1.24 bits per heavy atom. The number of amides is 1. The Hall–Kier alpha value is -2.22. The highest BCUT2D eigenvalue weighted by atomic mass is 32.1. The number of carbonyl (C=O) groups excluding carboxylic acids is 2. The van der Waals surface area contributed by atoms with Crippen molar-refractivity contribution >= 4 is 39.2 Å². The zero-order valence-electron chi connectivity index (χ0n) is 15.2. The van der Waals surface area contributed by atoms with Gasteiger partial charge in [-0.05, 0) is 40.2 Å². The normalized spacial score (nSPS) is 11.0. The van der Waals surface area contributed by atoms with Crippen LogP contribution < -0.4 is 10.6 Å². The molecule has 136 valence electrons. The lowest BCUT2D eigenvalue weighted by molar-refractivity contribution is -0.121. The number of nitrogens with zero attached hydrogens (tertiary/aromatic N) is 2. The number of hydrogen-bond donors (Lipinski definition) is 2. The van der Waals surface area contributed by atoms with E-state index >= 15 is 0 Å². The number of ether oxygens (including phenoxy) is 1. The second-order valence-corrected chi connectivity index (χ2v) is 6.97. The average molecular weight is 364 g/mol. The van der Waals surface area contributed by atoms with Gasteiger partial charge in [0, 0.05) is 19.0 Å². The Kier molecular flexibility index (Phi) is 6.30. The highest BCUT2D eigenvalue weighted by molar-refractivity contribution is 7.20. The van der Waals surface area contributed by atoms with Crippen molar-refractivity contribution < 1.29 is 14.3 Å². The van der Waals surface area contributed by atoms with Crippen molar-refractivity contribution in [2.75, 3.05) is 18.5 Å². The first-order valence-electron chi connectivity index (χ1n) is 8.31. The van der Waals surface area contributed by atoms with Crippen LogP contribution in [0.25, 0.3) is 10.2 Å². The van der Waals surface area contributed by atoms with Crippen molar-refractivity contribution in [2.24, 2.45) is 0 Å². The minimum atomic E-state index is -0.345. The number of rotatable bonds is 7. The molecular weight excluding hydrogens is 340 g/mol. The van der Waals surface area contributed by atoms with Gasteiger partial charge in [0.15, 0.2) is 0 Å². The molecule has 0 saturated carbocycles. The molecular formula is C17H24N4O3S. The number of nitrogens with one attached hydrogen (secondary N) is 2. The summed E-state index contributed by atoms with van der Waals surface area (Å²) in [6, 6.07) is 0.117. The number of esters is 1. The van der Waals surface area contributed by atoms with Crippen LogP contribution in [0.15, 0.2) is 0 Å². The van der Waals surface area contributed by atoms with Crippen molar-refractivity contribution in [2.45, 2.75) is 47.1 Å². The number of fused-ring (bicyclic) bond motifs is 1. The van der Waals surface area contributed by atoms with Gasteiger partial charge < -0.3 is 15.4 Å². The third-order valence-electron chi connectivity index (χ3n) is 3.46. The Balaban J connectivity index is 2.24. The van der Waals surface area contributed by atoms with Gasteiger partial charge in [-0.1, -0.05) is 0 Å². The first-order valence-corrected chi connectivity index (χ1v) is 9.13. The predicted octanol–water partition coefficient (Wildman–Crippen LogP) is 2.81. The fourth-order valence-electron chi connectivity index (χ4n) is 2.45. The zero-order chi connectivity index (χ0) is 18.6. The third kappa shape index (κ3) is 4.66. The summed E-state index contributed by atoms with van der Waals surface area (Å²) in [6.07, 6.45) is 0.344. The molecule has 8 heteroatoms. The fraction of sp³-hybridized carbons (Fsp3) is 0.529. The van der Waals surface area contributed by atoms with Gasteiger partial charge in [0.05, 0.1) is 12.0 Å². The van der Waals surface area contributed by atoms with Gasteiger partial charge in [0.1, 0.15) is 21.3 Å². The molecule has 2 aromatic rings. The average Bonchev–Trinajstić information content (AvgIpc) is 2.83. The van der Waals surface area contributed by atoms with E-state index in [1.54, 1.807) is 13.8 Å². The van der Waals surface area contributed by atoms with Gasteiger partial charge >= 0.3 is 5.97 Å². The minimum absolute atomic E-state index is 0.0150. The molecule has 0 spiro atoms. The Morgan fingerprint density at radius 3 is 2.60 bits per heavy atom. The number of aryl methyl sites for hydroxylation is 2. The predicted molar refractivity (Wildman–Crippen MR) is 99.2 cm³/mol. The maximum Gasteiger partial charge on any atom is 0.348 e. The molecule has 0 aliphatic carbocycles. The van der Waals surface area contributed by atoms with Crippen LogP contribution in [0.5, 0.6) is 0 Å². The topological polar surface area (TPSA) is 93.2 Å². The number of carbonyl (C=O) groups is 2. The smallest absolute Gasteiger partial charge is 0.348 e. The number of hydrogen-bond acceptors (Lipinski definition) is 7. The van der Waals surface area contributed by atoms with Gasteiger partial charge in [-0.15, -0.1) is 11.3 Å². The van der Waals surface area contributed by atoms with Crippen LogP contribution in [-0.2, 0) is 9.53 Å². The Bertz CT molecular complexity index is 786. The van der Waals surface area contributed by atoms with Gasteiger partial charge in [-0.3, -0.25) is 4.79 Å². The molecule has 7 nitrogen and oxygen atoms in total. The lowest BCUT2D eigenvalue weighted by atomic mass is 10.2. The van der Waals surface area contributed by atoms with Gasteiger partial charge in [-0.25, -0.2) is 14.8 Å². The summed E-state index contributed by atoms with van der Waals surface area (Å²) >= 11 is 1.30. The molecule has 0 saturated heterocycles. The standard InChI is InChI=1S/C17H24N4O3S/c1-6-24-17(23)14-10(4)13-15(20-11(5)21-16(13)25-14)18-8-7-12(22)19-9(2)3/h9H,6-8H2,1-5H3,(H,19,22)(H,18,20,21). The van der Waals surface area contributed by atoms with E-state index in [4.69, 9.17) is 4.74 Å². The molecule has 1 amide bonds. The summed E-state index contributed by atoms with van der Waals surface area (Å²) in [7, 11) is 0. The fourth-order valence-corrected chi connectivity index (χ4v) is 3.57. The largest absolute Gasteiger partial charge is 0.462 e. The molecule has 0 aromatic carbocycles. The van der Waals surface area contributed by atoms with Gasteiger partial charge in [-0.2, -0.15) is 0 Å². The van der Waals surface area contributed by atoms with Crippen LogP contribution in [0, 0.1) is 13.8 Å². The molecule has 0 unspecified atom stereocenters. The lowest BCUT2D eigenvalue weighted by Crippen LogP contribution is -2.31. The summed E-state index contributed by atoms with van der Waals surface area (Å²) in [5.41, 5.74) is 0.799. The van der Waals surface area contributed by atoms with E-state index in [1.165, 1.54) is 11.3 Å². The van der Waals surface area contributed by atoms with E-state index in [-0.39, 0.29) is 17.9 Å². The van der Waals surface area contributed by atoms with Crippen molar-refractivity contribution in [3.05, 3.63) is 16.3 Å². The monoisotopic (exact) mass is 364 g/mol. The van der Waals surface area contributed by atoms with Crippen LogP contribution in [0.1, 0.15) is 48.3 Å². The SMILES string of the molecule is CCOC(=O)c1sc2nc(C)nc(NCCC(=O)NC(C)C)c2c1C. The summed E-state index contributed by atoms with van der Waals surface area (Å²) in [6.45, 7) is 10.1. The van der Waals surface area contributed by atoms with Crippen molar-refractivity contribution in [1.29, 1.82) is 0 Å². The van der Waals surface area contributed by atoms with E-state index in [0.29, 0.717) is 36.1 Å².